The van der Waals surface area contributed by atoms with E-state index < -0.39 is 29.1 Å². The van der Waals surface area contributed by atoms with Crippen molar-refractivity contribution in [3.05, 3.63) is 107 Å². The number of rotatable bonds is 13. The first-order valence-electron chi connectivity index (χ1n) is 14.4. The van der Waals surface area contributed by atoms with Gasteiger partial charge in [-0.2, -0.15) is 4.39 Å². The molecule has 1 aliphatic rings. The van der Waals surface area contributed by atoms with Gasteiger partial charge in [0.15, 0.2) is 17.1 Å². The summed E-state index contributed by atoms with van der Waals surface area (Å²) in [6.07, 6.45) is 1.05. The minimum Gasteiger partial charge on any atom is -0.487 e. The molecule has 0 saturated carbocycles. The zero-order valence-electron chi connectivity index (χ0n) is 24.4. The van der Waals surface area contributed by atoms with Crippen LogP contribution in [0.25, 0.3) is 0 Å². The molecule has 1 aliphatic heterocycles. The lowest BCUT2D eigenvalue weighted by Crippen LogP contribution is -2.54. The molecule has 0 radical (unpaired) electrons. The van der Waals surface area contributed by atoms with Crippen molar-refractivity contribution in [2.45, 2.75) is 33.0 Å². The van der Waals surface area contributed by atoms with E-state index in [0.29, 0.717) is 13.1 Å². The molecule has 0 spiro atoms. The summed E-state index contributed by atoms with van der Waals surface area (Å²) in [5.41, 5.74) is 1.94. The largest absolute Gasteiger partial charge is 0.487 e. The van der Waals surface area contributed by atoms with E-state index >= 15 is 4.39 Å². The number of nitrogens with one attached hydrogen (secondary N) is 1. The normalized spacial score (nSPS) is 15.4. The molecule has 3 aromatic rings. The summed E-state index contributed by atoms with van der Waals surface area (Å²) >= 11 is 0. The summed E-state index contributed by atoms with van der Waals surface area (Å²) in [5, 5.41) is 2.72. The third kappa shape index (κ3) is 8.86. The first-order valence-corrected chi connectivity index (χ1v) is 14.4. The van der Waals surface area contributed by atoms with Crippen molar-refractivity contribution in [3.8, 4) is 5.75 Å². The van der Waals surface area contributed by atoms with Crippen LogP contribution < -0.4 is 10.1 Å². The zero-order chi connectivity index (χ0) is 30.6. The lowest BCUT2D eigenvalue weighted by Gasteiger charge is -2.41. The molecule has 4 rings (SSSR count). The monoisotopic (exact) mass is 593 g/mol. The van der Waals surface area contributed by atoms with Crippen LogP contribution in [0.4, 0.5) is 14.5 Å². The summed E-state index contributed by atoms with van der Waals surface area (Å²) in [4.78, 5) is 29.3. The predicted octanol–water partition coefficient (Wildman–Crippen LogP) is 5.15. The first kappa shape index (κ1) is 31.7. The van der Waals surface area contributed by atoms with Gasteiger partial charge in [-0.05, 0) is 37.1 Å². The van der Waals surface area contributed by atoms with Crippen LogP contribution in [0.15, 0.2) is 84.6 Å². The van der Waals surface area contributed by atoms with Crippen molar-refractivity contribution in [1.82, 2.24) is 9.80 Å². The van der Waals surface area contributed by atoms with E-state index in [4.69, 9.17) is 14.2 Å². The molecular weight excluding hydrogens is 556 g/mol. The molecule has 1 fully saturated rings. The number of carbonyl (C=O) groups excluding carboxylic acids is 2. The minimum absolute atomic E-state index is 0.0385. The van der Waals surface area contributed by atoms with Crippen molar-refractivity contribution in [3.63, 3.8) is 0 Å². The molecule has 8 nitrogen and oxygen atoms in total. The number of nitrogens with zero attached hydrogens (tertiary/aromatic N) is 2. The second kappa shape index (κ2) is 15.8. The first-order chi connectivity index (χ1) is 20.9. The molecule has 228 valence electrons. The highest BCUT2D eigenvalue weighted by atomic mass is 19.2. The van der Waals surface area contributed by atoms with Crippen molar-refractivity contribution in [2.24, 2.45) is 0 Å². The van der Waals surface area contributed by atoms with Crippen LogP contribution in [0.1, 0.15) is 25.0 Å². The molecule has 3 aromatic carbocycles. The maximum atomic E-state index is 15.1. The van der Waals surface area contributed by atoms with Gasteiger partial charge in [0.1, 0.15) is 6.61 Å². The van der Waals surface area contributed by atoms with Gasteiger partial charge in [0, 0.05) is 38.9 Å². The van der Waals surface area contributed by atoms with Crippen LogP contribution in [0.3, 0.4) is 0 Å². The Morgan fingerprint density at radius 2 is 1.47 bits per heavy atom. The van der Waals surface area contributed by atoms with Crippen LogP contribution in [0, 0.1) is 11.6 Å². The molecular formula is C33H37F2N3O5. The average Bonchev–Trinajstić information content (AvgIpc) is 3.01. The second-order valence-corrected chi connectivity index (χ2v) is 10.0. The van der Waals surface area contributed by atoms with Crippen LogP contribution >= 0.6 is 0 Å². The topological polar surface area (TPSA) is 80.3 Å². The molecule has 43 heavy (non-hydrogen) atoms. The number of ether oxygens (including phenoxy) is 3. The Morgan fingerprint density at radius 3 is 2.07 bits per heavy atom. The third-order valence-electron chi connectivity index (χ3n) is 7.00. The van der Waals surface area contributed by atoms with E-state index in [1.165, 1.54) is 11.6 Å². The van der Waals surface area contributed by atoms with Crippen molar-refractivity contribution in [2.75, 3.05) is 44.8 Å². The zero-order valence-corrected chi connectivity index (χ0v) is 24.4. The van der Waals surface area contributed by atoms with Gasteiger partial charge >= 0.3 is 11.9 Å². The fraction of sp³-hybridized carbons (Fsp3) is 0.333. The van der Waals surface area contributed by atoms with Crippen LogP contribution in [0.5, 0.6) is 5.75 Å². The number of hydrogen-bond donors (Lipinski definition) is 1. The standard InChI is InChI=1S/C33H37F2N3O5/c1-3-41-32(39)27(33(40)42-4-2)19-36-29-16-15-28(34)30(35)31(29)43-23-26-22-37(20-24-11-7-5-8-12-24)17-18-38(26)21-25-13-9-6-10-14-25/h5-16,19,26,36H,3-4,17-18,20-23H2,1-2H3. The van der Waals surface area contributed by atoms with E-state index in [0.717, 1.165) is 37.5 Å². The van der Waals surface area contributed by atoms with Gasteiger partial charge in [-0.1, -0.05) is 60.7 Å². The third-order valence-corrected chi connectivity index (χ3v) is 7.00. The van der Waals surface area contributed by atoms with Crippen LogP contribution in [-0.4, -0.2) is 67.2 Å². The number of hydrogen-bond acceptors (Lipinski definition) is 8. The van der Waals surface area contributed by atoms with Gasteiger partial charge in [0.05, 0.1) is 24.9 Å². The number of carbonyl (C=O) groups is 2. The lowest BCUT2D eigenvalue weighted by molar-refractivity contribution is -0.146. The minimum atomic E-state index is -1.18. The maximum absolute atomic E-state index is 15.1. The SMILES string of the molecule is CCOC(=O)C(=CNc1ccc(F)c(F)c1OCC1CN(Cc2ccccc2)CCN1Cc1ccccc1)C(=O)OCC. The van der Waals surface area contributed by atoms with E-state index in [1.54, 1.807) is 13.8 Å². The van der Waals surface area contributed by atoms with Crippen LogP contribution in [-0.2, 0) is 32.2 Å². The van der Waals surface area contributed by atoms with Gasteiger partial charge in [-0.3, -0.25) is 9.80 Å². The van der Waals surface area contributed by atoms with E-state index in [1.807, 2.05) is 36.4 Å². The van der Waals surface area contributed by atoms with Gasteiger partial charge in [-0.25, -0.2) is 14.0 Å². The number of esters is 2. The maximum Gasteiger partial charge on any atom is 0.347 e. The second-order valence-electron chi connectivity index (χ2n) is 10.0. The van der Waals surface area contributed by atoms with E-state index in [2.05, 4.69) is 39.4 Å². The molecule has 1 heterocycles. The van der Waals surface area contributed by atoms with Gasteiger partial charge in [0.25, 0.3) is 0 Å². The van der Waals surface area contributed by atoms with Gasteiger partial charge < -0.3 is 19.5 Å². The summed E-state index contributed by atoms with van der Waals surface area (Å²) in [7, 11) is 0. The number of benzene rings is 3. The molecule has 1 N–H and O–H groups in total. The van der Waals surface area contributed by atoms with Crippen LogP contribution in [0.2, 0.25) is 0 Å². The fourth-order valence-corrected chi connectivity index (χ4v) is 4.86. The molecule has 0 aromatic heterocycles. The lowest BCUT2D eigenvalue weighted by atomic mass is 10.1. The quantitative estimate of drug-likeness (QED) is 0.126. The summed E-state index contributed by atoms with van der Waals surface area (Å²) in [5.74, 6) is -4.44. The Bertz CT molecular complexity index is 1370. The Hall–Kier alpha value is -4.28. The van der Waals surface area contributed by atoms with Gasteiger partial charge in [0.2, 0.25) is 5.82 Å². The van der Waals surface area contributed by atoms with Gasteiger partial charge in [-0.15, -0.1) is 0 Å². The molecule has 1 atom stereocenters. The van der Waals surface area contributed by atoms with Crippen molar-refractivity contribution >= 4 is 17.6 Å². The van der Waals surface area contributed by atoms with Crippen molar-refractivity contribution < 1.29 is 32.6 Å². The Morgan fingerprint density at radius 1 is 0.860 bits per heavy atom. The molecule has 0 bridgehead atoms. The van der Waals surface area contributed by atoms with E-state index in [9.17, 15) is 14.0 Å². The summed E-state index contributed by atoms with van der Waals surface area (Å²) in [6.45, 7) is 7.03. The summed E-state index contributed by atoms with van der Waals surface area (Å²) < 4.78 is 45.4. The Labute approximate surface area is 250 Å². The highest BCUT2D eigenvalue weighted by Crippen LogP contribution is 2.31. The molecule has 0 aliphatic carbocycles. The summed E-state index contributed by atoms with van der Waals surface area (Å²) in [6, 6.07) is 22.3. The highest BCUT2D eigenvalue weighted by Gasteiger charge is 2.29. The van der Waals surface area contributed by atoms with E-state index in [-0.39, 0.29) is 37.3 Å². The van der Waals surface area contributed by atoms with Crippen molar-refractivity contribution in [1.29, 1.82) is 0 Å². The Kier molecular flexibility index (Phi) is 11.6. The Balaban J connectivity index is 1.55. The molecule has 0 amide bonds. The molecule has 1 unspecified atom stereocenters. The average molecular weight is 594 g/mol. The number of piperazine rings is 1. The smallest absolute Gasteiger partial charge is 0.347 e. The fourth-order valence-electron chi connectivity index (χ4n) is 4.86. The number of anilines is 1. The highest BCUT2D eigenvalue weighted by molar-refractivity contribution is 6.14. The molecule has 1 saturated heterocycles. The number of halogens is 2. The predicted molar refractivity (Wildman–Crippen MR) is 159 cm³/mol. The molecule has 10 heteroatoms.